The minimum absolute atomic E-state index is 0. The number of nitrogens with one attached hydrogen (secondary N) is 1. The van der Waals surface area contributed by atoms with Crippen molar-refractivity contribution in [2.24, 2.45) is 5.73 Å². The van der Waals surface area contributed by atoms with Gasteiger partial charge in [0.05, 0.1) is 6.61 Å². The maximum Gasteiger partial charge on any atom is 0.122 e. The smallest absolute Gasteiger partial charge is 0.122 e. The third kappa shape index (κ3) is 6.54. The van der Waals surface area contributed by atoms with Crippen LogP contribution in [0.25, 0.3) is 0 Å². The number of halogens is 2. The van der Waals surface area contributed by atoms with Crippen LogP contribution in [0.5, 0.6) is 5.75 Å². The molecule has 0 radical (unpaired) electrons. The molecule has 0 aliphatic rings. The van der Waals surface area contributed by atoms with Crippen LogP contribution in [-0.2, 0) is 0 Å². The van der Waals surface area contributed by atoms with Gasteiger partial charge in [0.1, 0.15) is 11.6 Å². The summed E-state index contributed by atoms with van der Waals surface area (Å²) in [6, 6.07) is 7.30. The quantitative estimate of drug-likeness (QED) is 0.350. The van der Waals surface area contributed by atoms with Crippen LogP contribution in [-0.4, -0.2) is 17.8 Å². The zero-order valence-electron chi connectivity index (χ0n) is 9.62. The monoisotopic (exact) mass is 320 g/mol. The zero-order chi connectivity index (χ0) is 11.8. The number of benzene rings is 1. The summed E-state index contributed by atoms with van der Waals surface area (Å²) in [5, 5.41) is 8.31. The molecule has 0 aromatic heterocycles. The summed E-state index contributed by atoms with van der Waals surface area (Å²) in [6.45, 7) is 0.742. The Morgan fingerprint density at radius 2 is 1.82 bits per heavy atom. The highest BCUT2D eigenvalue weighted by Crippen LogP contribution is 2.12. The fourth-order valence-electron chi connectivity index (χ4n) is 1.29. The first-order chi connectivity index (χ1) is 7.74. The average molecular weight is 322 g/mol. The van der Waals surface area contributed by atoms with Gasteiger partial charge >= 0.3 is 0 Å². The molecule has 0 spiro atoms. The lowest BCUT2D eigenvalue weighted by atomic mass is 10.2. The summed E-state index contributed by atoms with van der Waals surface area (Å²) >= 11 is 3.40. The summed E-state index contributed by atoms with van der Waals surface area (Å²) in [7, 11) is 0. The van der Waals surface area contributed by atoms with Crippen molar-refractivity contribution >= 4 is 34.2 Å². The number of unbranched alkanes of at least 4 members (excludes halogenated alkanes) is 2. The summed E-state index contributed by atoms with van der Waals surface area (Å²) in [5.74, 6) is 0.924. The van der Waals surface area contributed by atoms with Crippen molar-refractivity contribution in [2.75, 3.05) is 11.9 Å². The van der Waals surface area contributed by atoms with Crippen LogP contribution < -0.4 is 10.5 Å². The van der Waals surface area contributed by atoms with Crippen LogP contribution in [0.2, 0.25) is 0 Å². The fourth-order valence-corrected chi connectivity index (χ4v) is 1.69. The molecule has 0 saturated heterocycles. The second-order valence-electron chi connectivity index (χ2n) is 3.54. The predicted octanol–water partition coefficient (Wildman–Crippen LogP) is 3.34. The van der Waals surface area contributed by atoms with E-state index in [4.69, 9.17) is 15.9 Å². The van der Waals surface area contributed by atoms with Crippen LogP contribution in [0, 0.1) is 5.41 Å². The normalized spacial score (nSPS) is 9.47. The summed E-state index contributed by atoms with van der Waals surface area (Å²) in [4.78, 5) is 0. The number of amidine groups is 1. The molecule has 0 bridgehead atoms. The molecule has 0 unspecified atom stereocenters. The van der Waals surface area contributed by atoms with Gasteiger partial charge in [-0.2, -0.15) is 0 Å². The molecule has 0 amide bonds. The number of alkyl halides is 1. The van der Waals surface area contributed by atoms with Gasteiger partial charge in [-0.05, 0) is 43.5 Å². The first-order valence-corrected chi connectivity index (χ1v) is 6.49. The van der Waals surface area contributed by atoms with Gasteiger partial charge in [-0.3, -0.25) is 5.41 Å². The van der Waals surface area contributed by atoms with Crippen molar-refractivity contribution in [1.82, 2.24) is 0 Å². The maximum atomic E-state index is 7.25. The Bertz CT molecular complexity index is 330. The molecule has 96 valence electrons. The third-order valence-corrected chi connectivity index (χ3v) is 2.77. The van der Waals surface area contributed by atoms with Crippen LogP contribution in [0.1, 0.15) is 24.8 Å². The van der Waals surface area contributed by atoms with Gasteiger partial charge in [-0.1, -0.05) is 15.9 Å². The Kier molecular flexibility index (Phi) is 8.90. The molecule has 0 heterocycles. The molecule has 0 atom stereocenters. The van der Waals surface area contributed by atoms with Gasteiger partial charge in [-0.25, -0.2) is 0 Å². The van der Waals surface area contributed by atoms with E-state index >= 15 is 0 Å². The summed E-state index contributed by atoms with van der Waals surface area (Å²) in [6.07, 6.45) is 3.43. The molecule has 0 fully saturated rings. The molecular formula is C12H18BrClN2O. The molecule has 1 aromatic rings. The highest BCUT2D eigenvalue weighted by Gasteiger charge is 1.97. The zero-order valence-corrected chi connectivity index (χ0v) is 12.0. The van der Waals surface area contributed by atoms with Gasteiger partial charge in [0.2, 0.25) is 0 Å². The van der Waals surface area contributed by atoms with E-state index in [0.29, 0.717) is 0 Å². The Morgan fingerprint density at radius 3 is 2.35 bits per heavy atom. The van der Waals surface area contributed by atoms with E-state index in [-0.39, 0.29) is 18.2 Å². The van der Waals surface area contributed by atoms with Crippen molar-refractivity contribution < 1.29 is 4.74 Å². The van der Waals surface area contributed by atoms with Crippen molar-refractivity contribution in [1.29, 1.82) is 5.41 Å². The summed E-state index contributed by atoms with van der Waals surface area (Å²) in [5.41, 5.74) is 6.09. The van der Waals surface area contributed by atoms with E-state index in [2.05, 4.69) is 15.9 Å². The number of ether oxygens (including phenoxy) is 1. The first-order valence-electron chi connectivity index (χ1n) is 5.37. The van der Waals surface area contributed by atoms with E-state index in [9.17, 15) is 0 Å². The van der Waals surface area contributed by atoms with Gasteiger partial charge in [0, 0.05) is 10.9 Å². The number of nitrogens with two attached hydrogens (primary N) is 1. The molecule has 5 heteroatoms. The molecule has 1 rings (SSSR count). The Hall–Kier alpha value is -0.740. The third-order valence-electron chi connectivity index (χ3n) is 2.21. The molecule has 17 heavy (non-hydrogen) atoms. The predicted molar refractivity (Wildman–Crippen MR) is 77.8 cm³/mol. The number of rotatable bonds is 7. The van der Waals surface area contributed by atoms with E-state index in [1.807, 2.05) is 12.1 Å². The van der Waals surface area contributed by atoms with Crippen molar-refractivity contribution in [2.45, 2.75) is 19.3 Å². The highest BCUT2D eigenvalue weighted by atomic mass is 79.9. The van der Waals surface area contributed by atoms with E-state index in [0.717, 1.165) is 29.7 Å². The lowest BCUT2D eigenvalue weighted by Gasteiger charge is -2.06. The molecule has 0 aliphatic heterocycles. The first kappa shape index (κ1) is 16.3. The number of nitrogen functional groups attached to an aromatic ring is 1. The van der Waals surface area contributed by atoms with Crippen LogP contribution in [0.3, 0.4) is 0 Å². The topological polar surface area (TPSA) is 59.1 Å². The lowest BCUT2D eigenvalue weighted by Crippen LogP contribution is -2.10. The largest absolute Gasteiger partial charge is 0.494 e. The molecule has 3 N–H and O–H groups in total. The fraction of sp³-hybridized carbons (Fsp3) is 0.417. The molecule has 0 aliphatic carbocycles. The van der Waals surface area contributed by atoms with Gasteiger partial charge < -0.3 is 10.5 Å². The Balaban J connectivity index is 0.00000256. The molecular weight excluding hydrogens is 304 g/mol. The van der Waals surface area contributed by atoms with Crippen molar-refractivity contribution in [3.05, 3.63) is 29.8 Å². The van der Waals surface area contributed by atoms with E-state index in [1.54, 1.807) is 12.1 Å². The van der Waals surface area contributed by atoms with E-state index in [1.165, 1.54) is 12.8 Å². The second-order valence-corrected chi connectivity index (χ2v) is 4.33. The maximum absolute atomic E-state index is 7.25. The Labute approximate surface area is 117 Å². The number of hydrogen-bond acceptors (Lipinski definition) is 2. The molecule has 1 aromatic carbocycles. The number of hydrogen-bond donors (Lipinski definition) is 2. The average Bonchev–Trinajstić information content (AvgIpc) is 2.29. The van der Waals surface area contributed by atoms with Crippen LogP contribution in [0.4, 0.5) is 0 Å². The van der Waals surface area contributed by atoms with Gasteiger partial charge in [0.25, 0.3) is 0 Å². The standard InChI is InChI=1S/C12H17BrN2O.ClH/c13-8-2-1-3-9-16-11-6-4-10(5-7-11)12(14)15;/h4-7H,1-3,8-9H2,(H3,14,15);1H. The second kappa shape index (κ2) is 9.31. The van der Waals surface area contributed by atoms with Gasteiger partial charge in [0.15, 0.2) is 0 Å². The van der Waals surface area contributed by atoms with E-state index < -0.39 is 0 Å². The SMILES string of the molecule is Cl.N=C(N)c1ccc(OCCCCCBr)cc1. The van der Waals surface area contributed by atoms with Crippen LogP contribution in [0.15, 0.2) is 24.3 Å². The van der Waals surface area contributed by atoms with Gasteiger partial charge in [-0.15, -0.1) is 12.4 Å². The summed E-state index contributed by atoms with van der Waals surface area (Å²) < 4.78 is 5.56. The minimum Gasteiger partial charge on any atom is -0.494 e. The minimum atomic E-state index is 0. The Morgan fingerprint density at radius 1 is 1.18 bits per heavy atom. The van der Waals surface area contributed by atoms with Crippen molar-refractivity contribution in [3.8, 4) is 5.75 Å². The lowest BCUT2D eigenvalue weighted by molar-refractivity contribution is 0.306. The van der Waals surface area contributed by atoms with Crippen LogP contribution >= 0.6 is 28.3 Å². The highest BCUT2D eigenvalue weighted by molar-refractivity contribution is 9.09. The molecule has 0 saturated carbocycles. The molecule has 3 nitrogen and oxygen atoms in total. The van der Waals surface area contributed by atoms with Crippen molar-refractivity contribution in [3.63, 3.8) is 0 Å².